The number of benzene rings is 1. The summed E-state index contributed by atoms with van der Waals surface area (Å²) in [6.45, 7) is -0.205. The average molecular weight is 321 g/mol. The van der Waals surface area contributed by atoms with Crippen LogP contribution < -0.4 is 5.32 Å². The lowest BCUT2D eigenvalue weighted by Gasteiger charge is -2.22. The monoisotopic (exact) mass is 320 g/mol. The molecule has 0 unspecified atom stereocenters. The largest absolute Gasteiger partial charge is 0.480 e. The number of aliphatic hydroxyl groups excluding tert-OH is 1. The molecule has 1 aliphatic rings. The number of halogens is 3. The van der Waals surface area contributed by atoms with Crippen molar-refractivity contribution < 1.29 is 28.6 Å². The van der Waals surface area contributed by atoms with E-state index in [1.54, 1.807) is 0 Å². The van der Waals surface area contributed by atoms with E-state index in [9.17, 15) is 23.5 Å². The van der Waals surface area contributed by atoms with E-state index >= 15 is 0 Å². The Morgan fingerprint density at radius 1 is 1.38 bits per heavy atom. The molecule has 0 spiro atoms. The Kier molecular flexibility index (Phi) is 4.29. The summed E-state index contributed by atoms with van der Waals surface area (Å²) in [5.41, 5.74) is -0.450. The van der Waals surface area contributed by atoms with Crippen molar-refractivity contribution in [2.75, 3.05) is 11.9 Å². The Morgan fingerprint density at radius 2 is 2.05 bits per heavy atom. The highest BCUT2D eigenvalue weighted by Crippen LogP contribution is 2.28. The van der Waals surface area contributed by atoms with Crippen molar-refractivity contribution in [1.29, 1.82) is 0 Å². The van der Waals surface area contributed by atoms with Gasteiger partial charge in [0.1, 0.15) is 11.9 Å². The van der Waals surface area contributed by atoms with Gasteiger partial charge in [0, 0.05) is 19.0 Å². The van der Waals surface area contributed by atoms with Gasteiger partial charge in [-0.15, -0.1) is 0 Å². The highest BCUT2D eigenvalue weighted by atomic mass is 35.5. The van der Waals surface area contributed by atoms with Gasteiger partial charge in [0.05, 0.1) is 16.8 Å². The SMILES string of the molecule is O=C(O)[C@H]1C[C@@H](O)CN1C(=O)Nc1c(F)cc(F)cc1Cl. The number of urea groups is 1. The molecule has 3 N–H and O–H groups in total. The molecule has 114 valence electrons. The van der Waals surface area contributed by atoms with Gasteiger partial charge in [-0.2, -0.15) is 0 Å². The van der Waals surface area contributed by atoms with Gasteiger partial charge in [-0.05, 0) is 6.07 Å². The van der Waals surface area contributed by atoms with Crippen LogP contribution in [-0.4, -0.2) is 45.8 Å². The van der Waals surface area contributed by atoms with Crippen LogP contribution in [0.1, 0.15) is 6.42 Å². The molecule has 9 heteroatoms. The Bertz CT molecular complexity index is 576. The van der Waals surface area contributed by atoms with Crippen LogP contribution in [0.5, 0.6) is 0 Å². The number of anilines is 1. The highest BCUT2D eigenvalue weighted by molar-refractivity contribution is 6.33. The maximum atomic E-state index is 13.6. The van der Waals surface area contributed by atoms with Crippen LogP contribution in [0.15, 0.2) is 12.1 Å². The molecule has 0 saturated carbocycles. The van der Waals surface area contributed by atoms with Gasteiger partial charge in [0.2, 0.25) is 0 Å². The molecule has 1 aliphatic heterocycles. The first-order chi connectivity index (χ1) is 9.79. The van der Waals surface area contributed by atoms with Crippen LogP contribution in [0.4, 0.5) is 19.3 Å². The fraction of sp³-hybridized carbons (Fsp3) is 0.333. The van der Waals surface area contributed by atoms with Crippen LogP contribution in [-0.2, 0) is 4.79 Å². The van der Waals surface area contributed by atoms with Crippen molar-refractivity contribution in [2.45, 2.75) is 18.6 Å². The van der Waals surface area contributed by atoms with Crippen molar-refractivity contribution in [3.8, 4) is 0 Å². The molecule has 6 nitrogen and oxygen atoms in total. The molecular weight excluding hydrogens is 310 g/mol. The molecule has 2 amide bonds. The fourth-order valence-electron chi connectivity index (χ4n) is 2.11. The van der Waals surface area contributed by atoms with E-state index < -0.39 is 41.5 Å². The number of aliphatic hydroxyl groups is 1. The van der Waals surface area contributed by atoms with Gasteiger partial charge in [-0.25, -0.2) is 18.4 Å². The van der Waals surface area contributed by atoms with E-state index in [0.29, 0.717) is 6.07 Å². The van der Waals surface area contributed by atoms with Crippen molar-refractivity contribution in [1.82, 2.24) is 4.90 Å². The number of hydrogen-bond acceptors (Lipinski definition) is 3. The number of aliphatic carboxylic acids is 1. The number of carbonyl (C=O) groups is 2. The van der Waals surface area contributed by atoms with Gasteiger partial charge >= 0.3 is 12.0 Å². The number of hydrogen-bond donors (Lipinski definition) is 3. The Balaban J connectivity index is 2.20. The minimum atomic E-state index is -1.28. The van der Waals surface area contributed by atoms with Crippen molar-refractivity contribution in [2.24, 2.45) is 0 Å². The molecule has 21 heavy (non-hydrogen) atoms. The topological polar surface area (TPSA) is 89.9 Å². The lowest BCUT2D eigenvalue weighted by atomic mass is 10.2. The zero-order valence-electron chi connectivity index (χ0n) is 10.5. The summed E-state index contributed by atoms with van der Waals surface area (Å²) in [7, 11) is 0. The van der Waals surface area contributed by atoms with Crippen molar-refractivity contribution >= 4 is 29.3 Å². The van der Waals surface area contributed by atoms with Crippen molar-refractivity contribution in [3.05, 3.63) is 28.8 Å². The summed E-state index contributed by atoms with van der Waals surface area (Å²) < 4.78 is 26.5. The second kappa shape index (κ2) is 5.82. The molecule has 1 saturated heterocycles. The van der Waals surface area contributed by atoms with E-state index in [0.717, 1.165) is 11.0 Å². The van der Waals surface area contributed by atoms with Crippen LogP contribution in [0, 0.1) is 11.6 Å². The predicted molar refractivity (Wildman–Crippen MR) is 69.1 cm³/mol. The summed E-state index contributed by atoms with van der Waals surface area (Å²) in [6, 6.07) is -0.809. The molecule has 1 aromatic rings. The Morgan fingerprint density at radius 3 is 2.62 bits per heavy atom. The van der Waals surface area contributed by atoms with E-state index in [2.05, 4.69) is 5.32 Å². The van der Waals surface area contributed by atoms with E-state index in [1.807, 2.05) is 0 Å². The molecular formula is C12H11ClF2N2O4. The smallest absolute Gasteiger partial charge is 0.326 e. The number of rotatable bonds is 2. The minimum absolute atomic E-state index is 0.123. The van der Waals surface area contributed by atoms with Crippen LogP contribution in [0.25, 0.3) is 0 Å². The molecule has 0 aliphatic carbocycles. The van der Waals surface area contributed by atoms with Crippen LogP contribution >= 0.6 is 11.6 Å². The number of nitrogens with one attached hydrogen (secondary N) is 1. The van der Waals surface area contributed by atoms with E-state index in [1.165, 1.54) is 0 Å². The van der Waals surface area contributed by atoms with Crippen molar-refractivity contribution in [3.63, 3.8) is 0 Å². The summed E-state index contributed by atoms with van der Waals surface area (Å²) in [5.74, 6) is -3.28. The van der Waals surface area contributed by atoms with Crippen LogP contribution in [0.3, 0.4) is 0 Å². The molecule has 0 bridgehead atoms. The lowest BCUT2D eigenvalue weighted by molar-refractivity contribution is -0.141. The first-order valence-corrected chi connectivity index (χ1v) is 6.30. The molecule has 1 heterocycles. The first-order valence-electron chi connectivity index (χ1n) is 5.92. The van der Waals surface area contributed by atoms with Gasteiger partial charge < -0.3 is 20.4 Å². The molecule has 1 fully saturated rings. The van der Waals surface area contributed by atoms with Gasteiger partial charge in [-0.3, -0.25) is 0 Å². The second-order valence-corrected chi connectivity index (χ2v) is 4.98. The Hall–Kier alpha value is -1.93. The number of carboxylic acids is 1. The number of carboxylic acid groups (broad SMARTS) is 1. The van der Waals surface area contributed by atoms with Gasteiger partial charge in [-0.1, -0.05) is 11.6 Å². The average Bonchev–Trinajstić information content (AvgIpc) is 2.76. The molecule has 1 aromatic carbocycles. The third kappa shape index (κ3) is 3.22. The van der Waals surface area contributed by atoms with E-state index in [-0.39, 0.29) is 18.0 Å². The lowest BCUT2D eigenvalue weighted by Crippen LogP contribution is -2.43. The summed E-state index contributed by atoms with van der Waals surface area (Å²) in [6.07, 6.45) is -1.10. The number of carbonyl (C=O) groups excluding carboxylic acids is 1. The molecule has 0 radical (unpaired) electrons. The third-order valence-electron chi connectivity index (χ3n) is 3.06. The van der Waals surface area contributed by atoms with Gasteiger partial charge in [0.15, 0.2) is 5.82 Å². The minimum Gasteiger partial charge on any atom is -0.480 e. The first kappa shape index (κ1) is 15.5. The Labute approximate surface area is 122 Å². The van der Waals surface area contributed by atoms with Crippen LogP contribution in [0.2, 0.25) is 5.02 Å². The standard InChI is InChI=1S/C12H11ClF2N2O4/c13-7-1-5(14)2-8(15)10(7)16-12(21)17-4-6(18)3-9(17)11(19)20/h1-2,6,9,18H,3-4H2,(H,16,21)(H,19,20)/t6-,9-/m1/s1. The summed E-state index contributed by atoms with van der Waals surface area (Å²) in [5, 5.41) is 20.2. The maximum Gasteiger partial charge on any atom is 0.326 e. The highest BCUT2D eigenvalue weighted by Gasteiger charge is 2.39. The molecule has 0 aromatic heterocycles. The number of likely N-dealkylation sites (tertiary alicyclic amines) is 1. The quantitative estimate of drug-likeness (QED) is 0.773. The second-order valence-electron chi connectivity index (χ2n) is 4.57. The van der Waals surface area contributed by atoms with E-state index in [4.69, 9.17) is 16.7 Å². The number of nitrogens with zero attached hydrogens (tertiary/aromatic N) is 1. The zero-order chi connectivity index (χ0) is 15.7. The number of amides is 2. The fourth-order valence-corrected chi connectivity index (χ4v) is 2.35. The predicted octanol–water partition coefficient (Wildman–Crippen LogP) is 1.67. The van der Waals surface area contributed by atoms with Gasteiger partial charge in [0.25, 0.3) is 0 Å². The molecule has 2 rings (SSSR count). The third-order valence-corrected chi connectivity index (χ3v) is 3.36. The summed E-state index contributed by atoms with van der Waals surface area (Å²) >= 11 is 5.63. The zero-order valence-corrected chi connectivity index (χ0v) is 11.3. The molecule has 2 atom stereocenters. The maximum absolute atomic E-state index is 13.6. The normalized spacial score (nSPS) is 21.4. The summed E-state index contributed by atoms with van der Waals surface area (Å²) in [4.78, 5) is 23.8. The number of β-amino-alcohol motifs (C(OH)–C–C–N with tert-alkyl or cyclic N) is 1.